The minimum Gasteiger partial charge on any atom is -0.359 e. The largest absolute Gasteiger partial charge is 0.359 e. The first-order valence-electron chi connectivity index (χ1n) is 10.2. The molecule has 1 fully saturated rings. The average molecular weight is 389 g/mol. The monoisotopic (exact) mass is 389 g/mol. The third-order valence-corrected chi connectivity index (χ3v) is 5.89. The molecule has 1 saturated heterocycles. The summed E-state index contributed by atoms with van der Waals surface area (Å²) in [6.07, 6.45) is 1.55. The van der Waals surface area contributed by atoms with E-state index in [-0.39, 0.29) is 17.7 Å². The number of aryl methyl sites for hydroxylation is 2. The zero-order chi connectivity index (χ0) is 20.5. The lowest BCUT2D eigenvalue weighted by molar-refractivity contribution is -0.137. The Hall–Kier alpha value is -3.08. The van der Waals surface area contributed by atoms with E-state index in [0.717, 1.165) is 39.8 Å². The van der Waals surface area contributed by atoms with Crippen molar-refractivity contribution < 1.29 is 9.59 Å². The van der Waals surface area contributed by atoms with Crippen LogP contribution in [0.25, 0.3) is 10.9 Å². The Labute approximate surface area is 171 Å². The van der Waals surface area contributed by atoms with Crippen molar-refractivity contribution in [1.82, 2.24) is 9.88 Å². The Bertz CT molecular complexity index is 1070. The van der Waals surface area contributed by atoms with Crippen molar-refractivity contribution >= 4 is 28.4 Å². The molecule has 3 aromatic rings. The van der Waals surface area contributed by atoms with E-state index in [9.17, 15) is 9.59 Å². The van der Waals surface area contributed by atoms with Gasteiger partial charge in [0.15, 0.2) is 0 Å². The lowest BCUT2D eigenvalue weighted by atomic mass is 9.95. The van der Waals surface area contributed by atoms with Crippen molar-refractivity contribution in [3.63, 3.8) is 0 Å². The van der Waals surface area contributed by atoms with Crippen molar-refractivity contribution in [2.75, 3.05) is 11.9 Å². The molecular formula is C24H27N3O2. The van der Waals surface area contributed by atoms with Crippen LogP contribution in [0.5, 0.6) is 0 Å². The number of nitrogens with one attached hydrogen (secondary N) is 2. The van der Waals surface area contributed by atoms with Gasteiger partial charge in [-0.2, -0.15) is 0 Å². The van der Waals surface area contributed by atoms with Crippen LogP contribution in [-0.4, -0.2) is 34.3 Å². The fraction of sp³-hybridized carbons (Fsp3) is 0.333. The molecule has 2 N–H and O–H groups in total. The van der Waals surface area contributed by atoms with E-state index < -0.39 is 6.04 Å². The molecule has 1 aliphatic heterocycles. The number of anilines is 1. The second-order valence-corrected chi connectivity index (χ2v) is 8.01. The molecule has 2 heterocycles. The van der Waals surface area contributed by atoms with Gasteiger partial charge in [-0.1, -0.05) is 24.3 Å². The molecule has 5 heteroatoms. The number of likely N-dealkylation sites (tertiary alicyclic amines) is 1. The van der Waals surface area contributed by atoms with Gasteiger partial charge in [-0.15, -0.1) is 0 Å². The number of hydrogen-bond acceptors (Lipinski definition) is 2. The number of aromatic nitrogens is 1. The van der Waals surface area contributed by atoms with Crippen LogP contribution < -0.4 is 5.32 Å². The Kier molecular flexibility index (Phi) is 5.14. The predicted molar refractivity (Wildman–Crippen MR) is 116 cm³/mol. The van der Waals surface area contributed by atoms with Crippen LogP contribution >= 0.6 is 0 Å². The van der Waals surface area contributed by atoms with E-state index in [0.29, 0.717) is 13.0 Å². The number of benzene rings is 2. The normalized spacial score (nSPS) is 17.5. The first-order valence-corrected chi connectivity index (χ1v) is 10.2. The van der Waals surface area contributed by atoms with Gasteiger partial charge in [0.2, 0.25) is 11.8 Å². The molecule has 5 nitrogen and oxygen atoms in total. The van der Waals surface area contributed by atoms with Gasteiger partial charge in [0.25, 0.3) is 0 Å². The van der Waals surface area contributed by atoms with Gasteiger partial charge in [0.1, 0.15) is 6.04 Å². The average Bonchev–Trinajstić information content (AvgIpc) is 3.32. The van der Waals surface area contributed by atoms with E-state index in [1.165, 1.54) is 0 Å². The third kappa shape index (κ3) is 3.77. The summed E-state index contributed by atoms with van der Waals surface area (Å²) >= 11 is 0. The predicted octanol–water partition coefficient (Wildman–Crippen LogP) is 4.52. The summed E-state index contributed by atoms with van der Waals surface area (Å²) < 4.78 is 0. The van der Waals surface area contributed by atoms with Crippen LogP contribution in [-0.2, 0) is 9.59 Å². The van der Waals surface area contributed by atoms with Crippen LogP contribution in [0.2, 0.25) is 0 Å². The van der Waals surface area contributed by atoms with Gasteiger partial charge in [0.05, 0.1) is 5.92 Å². The van der Waals surface area contributed by atoms with Crippen molar-refractivity contribution in [2.24, 2.45) is 0 Å². The fourth-order valence-electron chi connectivity index (χ4n) is 4.34. The van der Waals surface area contributed by atoms with Gasteiger partial charge < -0.3 is 15.2 Å². The molecule has 2 amide bonds. The number of carbonyl (C=O) groups is 2. The van der Waals surface area contributed by atoms with Crippen molar-refractivity contribution in [3.8, 4) is 0 Å². The highest BCUT2D eigenvalue weighted by molar-refractivity contribution is 5.99. The van der Waals surface area contributed by atoms with E-state index in [4.69, 9.17) is 0 Å². The molecule has 150 valence electrons. The quantitative estimate of drug-likeness (QED) is 0.689. The maximum absolute atomic E-state index is 13.2. The molecule has 0 spiro atoms. The summed E-state index contributed by atoms with van der Waals surface area (Å²) in [5.41, 5.74) is 5.01. The van der Waals surface area contributed by atoms with E-state index >= 15 is 0 Å². The summed E-state index contributed by atoms with van der Waals surface area (Å²) in [4.78, 5) is 31.2. The van der Waals surface area contributed by atoms with Crippen molar-refractivity contribution in [1.29, 1.82) is 0 Å². The summed E-state index contributed by atoms with van der Waals surface area (Å²) in [7, 11) is 0. The first kappa shape index (κ1) is 19.2. The van der Waals surface area contributed by atoms with Gasteiger partial charge in [0, 0.05) is 28.8 Å². The molecule has 0 saturated carbocycles. The van der Waals surface area contributed by atoms with Crippen LogP contribution in [0.4, 0.5) is 5.69 Å². The van der Waals surface area contributed by atoms with Gasteiger partial charge in [-0.05, 0) is 69.0 Å². The van der Waals surface area contributed by atoms with E-state index in [1.54, 1.807) is 4.90 Å². The zero-order valence-corrected chi connectivity index (χ0v) is 17.2. The number of carbonyl (C=O) groups excluding carboxylic acids is 2. The third-order valence-electron chi connectivity index (χ3n) is 5.89. The topological polar surface area (TPSA) is 65.2 Å². The molecule has 2 atom stereocenters. The minimum absolute atomic E-state index is 0.0219. The van der Waals surface area contributed by atoms with E-state index in [2.05, 4.69) is 16.4 Å². The zero-order valence-electron chi connectivity index (χ0n) is 17.2. The van der Waals surface area contributed by atoms with Gasteiger partial charge in [-0.3, -0.25) is 9.59 Å². The molecule has 0 aliphatic carbocycles. The summed E-state index contributed by atoms with van der Waals surface area (Å²) in [6, 6.07) is 15.4. The Morgan fingerprint density at radius 1 is 1.14 bits per heavy atom. The molecule has 1 aliphatic rings. The number of aromatic amines is 1. The maximum atomic E-state index is 13.2. The Balaban J connectivity index is 1.50. The molecule has 29 heavy (non-hydrogen) atoms. The highest BCUT2D eigenvalue weighted by Gasteiger charge is 2.36. The lowest BCUT2D eigenvalue weighted by Gasteiger charge is -2.27. The van der Waals surface area contributed by atoms with Gasteiger partial charge >= 0.3 is 0 Å². The SMILES string of the molecule is Cc1cc2cc(NC(=O)C3CCCN3C(=O)C(C)c3ccccc3C)ccc2[nH]1. The van der Waals surface area contributed by atoms with Gasteiger partial charge in [-0.25, -0.2) is 0 Å². The second kappa shape index (κ2) is 7.74. The number of hydrogen-bond donors (Lipinski definition) is 2. The standard InChI is InChI=1S/C24H27N3O2/c1-15-7-4-5-8-20(15)17(3)24(29)27-12-6-9-22(27)23(28)26-19-10-11-21-18(14-19)13-16(2)25-21/h4-5,7-8,10-11,13-14,17,22,25H,6,9,12H2,1-3H3,(H,26,28). The Morgan fingerprint density at radius 3 is 2.72 bits per heavy atom. The Morgan fingerprint density at radius 2 is 1.93 bits per heavy atom. The maximum Gasteiger partial charge on any atom is 0.247 e. The van der Waals surface area contributed by atoms with Crippen LogP contribution in [0.1, 0.15) is 42.5 Å². The second-order valence-electron chi connectivity index (χ2n) is 8.01. The molecule has 2 aromatic carbocycles. The first-order chi connectivity index (χ1) is 13.9. The summed E-state index contributed by atoms with van der Waals surface area (Å²) in [5.74, 6) is -0.350. The summed E-state index contributed by atoms with van der Waals surface area (Å²) in [5, 5.41) is 4.08. The molecular weight excluding hydrogens is 362 g/mol. The molecule has 4 rings (SSSR count). The van der Waals surface area contributed by atoms with Crippen molar-refractivity contribution in [2.45, 2.75) is 45.6 Å². The van der Waals surface area contributed by atoms with Crippen LogP contribution in [0.15, 0.2) is 48.5 Å². The highest BCUT2D eigenvalue weighted by Crippen LogP contribution is 2.27. The lowest BCUT2D eigenvalue weighted by Crippen LogP contribution is -2.44. The number of fused-ring (bicyclic) bond motifs is 1. The molecule has 0 bridgehead atoms. The minimum atomic E-state index is -0.419. The number of amides is 2. The smallest absolute Gasteiger partial charge is 0.247 e. The van der Waals surface area contributed by atoms with Crippen LogP contribution in [0.3, 0.4) is 0 Å². The van der Waals surface area contributed by atoms with Crippen molar-refractivity contribution in [3.05, 3.63) is 65.4 Å². The molecule has 0 radical (unpaired) electrons. The van der Waals surface area contributed by atoms with Crippen LogP contribution in [0, 0.1) is 13.8 Å². The number of nitrogens with zero attached hydrogens (tertiary/aromatic N) is 1. The fourth-order valence-corrected chi connectivity index (χ4v) is 4.34. The number of H-pyrrole nitrogens is 1. The molecule has 2 unspecified atom stereocenters. The molecule has 1 aromatic heterocycles. The highest BCUT2D eigenvalue weighted by atomic mass is 16.2. The summed E-state index contributed by atoms with van der Waals surface area (Å²) in [6.45, 7) is 6.59. The number of rotatable bonds is 4. The van der Waals surface area contributed by atoms with E-state index in [1.807, 2.05) is 63.2 Å².